The molecule has 0 atom stereocenters. The largest absolute Gasteiger partial charge is 0.476 e. The van der Waals surface area contributed by atoms with E-state index in [-0.39, 0.29) is 16.4 Å². The zero-order valence-corrected chi connectivity index (χ0v) is 8.52. The number of carbonyl (C=O) groups is 1. The van der Waals surface area contributed by atoms with E-state index in [2.05, 4.69) is 10.3 Å². The maximum absolute atomic E-state index is 13.4. The smallest absolute Gasteiger partial charge is 0.356 e. The molecule has 1 aromatic carbocycles. The molecule has 0 radical (unpaired) electrons. The summed E-state index contributed by atoms with van der Waals surface area (Å²) in [5.41, 5.74) is -0.288. The Hall–Kier alpha value is -1.95. The molecular formula is C9H5ClFN3O2. The van der Waals surface area contributed by atoms with E-state index < -0.39 is 11.8 Å². The maximum atomic E-state index is 13.4. The second-order valence-electron chi connectivity index (χ2n) is 2.93. The van der Waals surface area contributed by atoms with Crippen molar-refractivity contribution in [3.63, 3.8) is 0 Å². The third kappa shape index (κ3) is 1.74. The average Bonchev–Trinajstić information content (AvgIpc) is 2.70. The minimum atomic E-state index is -1.25. The van der Waals surface area contributed by atoms with E-state index in [0.717, 1.165) is 16.9 Å². The third-order valence-electron chi connectivity index (χ3n) is 1.90. The van der Waals surface area contributed by atoms with Crippen molar-refractivity contribution in [3.8, 4) is 5.69 Å². The molecule has 2 aromatic rings. The van der Waals surface area contributed by atoms with E-state index in [9.17, 15) is 9.18 Å². The van der Waals surface area contributed by atoms with Crippen molar-refractivity contribution in [3.05, 3.63) is 40.9 Å². The molecule has 2 rings (SSSR count). The quantitative estimate of drug-likeness (QED) is 0.870. The molecule has 0 aliphatic heterocycles. The summed E-state index contributed by atoms with van der Waals surface area (Å²) in [5.74, 6) is -1.87. The summed E-state index contributed by atoms with van der Waals surface area (Å²) >= 11 is 5.69. The number of hydrogen-bond donors (Lipinski definition) is 1. The van der Waals surface area contributed by atoms with E-state index >= 15 is 0 Å². The number of aromatic carboxylic acids is 1. The number of nitrogens with zero attached hydrogens (tertiary/aromatic N) is 3. The summed E-state index contributed by atoms with van der Waals surface area (Å²) < 4.78 is 14.3. The van der Waals surface area contributed by atoms with Gasteiger partial charge in [0.15, 0.2) is 5.69 Å². The molecule has 16 heavy (non-hydrogen) atoms. The lowest BCUT2D eigenvalue weighted by molar-refractivity contribution is 0.0687. The van der Waals surface area contributed by atoms with Gasteiger partial charge in [-0.25, -0.2) is 13.9 Å². The monoisotopic (exact) mass is 241 g/mol. The predicted octanol–water partition coefficient (Wildman–Crippen LogP) is 1.76. The van der Waals surface area contributed by atoms with Crippen LogP contribution in [0.1, 0.15) is 10.5 Å². The van der Waals surface area contributed by atoms with Crippen molar-refractivity contribution >= 4 is 17.6 Å². The van der Waals surface area contributed by atoms with Crippen LogP contribution in [0, 0.1) is 5.82 Å². The molecule has 82 valence electrons. The molecule has 0 aliphatic rings. The summed E-state index contributed by atoms with van der Waals surface area (Å²) in [6, 6.07) is 3.76. The van der Waals surface area contributed by atoms with Gasteiger partial charge < -0.3 is 5.11 Å². The molecule has 0 amide bonds. The summed E-state index contributed by atoms with van der Waals surface area (Å²) in [5, 5.41) is 16.0. The van der Waals surface area contributed by atoms with Crippen LogP contribution in [-0.2, 0) is 0 Å². The van der Waals surface area contributed by atoms with Crippen LogP contribution in [0.5, 0.6) is 0 Å². The van der Waals surface area contributed by atoms with Crippen molar-refractivity contribution in [2.24, 2.45) is 0 Å². The number of rotatable bonds is 2. The van der Waals surface area contributed by atoms with Gasteiger partial charge in [0.05, 0.1) is 6.20 Å². The standard InChI is InChI=1S/C9H5ClFN3O2/c10-5-1-2-6(11)7(3-5)14-8(9(15)16)4-12-13-14/h1-4H,(H,15,16). The van der Waals surface area contributed by atoms with E-state index in [0.29, 0.717) is 0 Å². The fourth-order valence-electron chi connectivity index (χ4n) is 1.21. The zero-order valence-electron chi connectivity index (χ0n) is 7.76. The Morgan fingerprint density at radius 1 is 1.50 bits per heavy atom. The van der Waals surface area contributed by atoms with Crippen LogP contribution in [-0.4, -0.2) is 26.1 Å². The summed E-state index contributed by atoms with van der Waals surface area (Å²) in [6.45, 7) is 0. The Labute approximate surface area is 94.1 Å². The minimum absolute atomic E-state index is 0.0533. The highest BCUT2D eigenvalue weighted by Gasteiger charge is 2.16. The molecule has 5 nitrogen and oxygen atoms in total. The van der Waals surface area contributed by atoms with Crippen LogP contribution in [0.3, 0.4) is 0 Å². The first kappa shape index (κ1) is 10.6. The highest BCUT2D eigenvalue weighted by atomic mass is 35.5. The molecule has 0 spiro atoms. The fraction of sp³-hybridized carbons (Fsp3) is 0. The molecular weight excluding hydrogens is 237 g/mol. The van der Waals surface area contributed by atoms with Gasteiger partial charge in [0.2, 0.25) is 0 Å². The van der Waals surface area contributed by atoms with Gasteiger partial charge in [0, 0.05) is 5.02 Å². The van der Waals surface area contributed by atoms with Gasteiger partial charge in [0.25, 0.3) is 0 Å². The van der Waals surface area contributed by atoms with Gasteiger partial charge in [-0.1, -0.05) is 16.8 Å². The molecule has 7 heteroatoms. The lowest BCUT2D eigenvalue weighted by Gasteiger charge is -2.04. The van der Waals surface area contributed by atoms with Crippen molar-refractivity contribution < 1.29 is 14.3 Å². The summed E-state index contributed by atoms with van der Waals surface area (Å²) in [6.07, 6.45) is 1.03. The third-order valence-corrected chi connectivity index (χ3v) is 2.14. The van der Waals surface area contributed by atoms with Gasteiger partial charge in [-0.15, -0.1) is 5.10 Å². The van der Waals surface area contributed by atoms with Crippen molar-refractivity contribution in [2.75, 3.05) is 0 Å². The zero-order chi connectivity index (χ0) is 11.7. The van der Waals surface area contributed by atoms with E-state index in [1.807, 2.05) is 0 Å². The highest BCUT2D eigenvalue weighted by Crippen LogP contribution is 2.19. The SMILES string of the molecule is O=C(O)c1cnnn1-c1cc(Cl)ccc1F. The Kier molecular flexibility index (Phi) is 2.57. The van der Waals surface area contributed by atoms with Gasteiger partial charge in [0.1, 0.15) is 11.5 Å². The minimum Gasteiger partial charge on any atom is -0.476 e. The summed E-state index contributed by atoms with van der Waals surface area (Å²) in [4.78, 5) is 10.8. The van der Waals surface area contributed by atoms with Crippen molar-refractivity contribution in [1.82, 2.24) is 15.0 Å². The molecule has 0 fully saturated rings. The lowest BCUT2D eigenvalue weighted by Crippen LogP contribution is -2.09. The topological polar surface area (TPSA) is 68.0 Å². The maximum Gasteiger partial charge on any atom is 0.356 e. The lowest BCUT2D eigenvalue weighted by atomic mass is 10.3. The van der Waals surface area contributed by atoms with Crippen LogP contribution in [0.2, 0.25) is 5.02 Å². The number of halogens is 2. The van der Waals surface area contributed by atoms with Gasteiger partial charge >= 0.3 is 5.97 Å². The molecule has 0 saturated carbocycles. The van der Waals surface area contributed by atoms with E-state index in [1.54, 1.807) is 0 Å². The molecule has 0 bridgehead atoms. The molecule has 1 heterocycles. The number of hydrogen-bond acceptors (Lipinski definition) is 3. The first-order valence-electron chi connectivity index (χ1n) is 4.19. The Bertz CT molecular complexity index is 555. The molecule has 0 aliphatic carbocycles. The van der Waals surface area contributed by atoms with E-state index in [1.165, 1.54) is 12.1 Å². The van der Waals surface area contributed by atoms with Gasteiger partial charge in [-0.05, 0) is 18.2 Å². The Balaban J connectivity index is 2.62. The molecule has 1 aromatic heterocycles. The van der Waals surface area contributed by atoms with Gasteiger partial charge in [-0.2, -0.15) is 0 Å². The second-order valence-corrected chi connectivity index (χ2v) is 3.37. The van der Waals surface area contributed by atoms with Gasteiger partial charge in [-0.3, -0.25) is 0 Å². The van der Waals surface area contributed by atoms with Crippen LogP contribution in [0.15, 0.2) is 24.4 Å². The molecule has 0 saturated heterocycles. The highest BCUT2D eigenvalue weighted by molar-refractivity contribution is 6.30. The molecule has 1 N–H and O–H groups in total. The number of carboxylic acids is 1. The normalized spacial score (nSPS) is 10.4. The van der Waals surface area contributed by atoms with Crippen LogP contribution in [0.4, 0.5) is 4.39 Å². The van der Waals surface area contributed by atoms with Crippen molar-refractivity contribution in [2.45, 2.75) is 0 Å². The van der Waals surface area contributed by atoms with Crippen LogP contribution >= 0.6 is 11.6 Å². The second kappa shape index (κ2) is 3.90. The first-order chi connectivity index (χ1) is 7.59. The summed E-state index contributed by atoms with van der Waals surface area (Å²) in [7, 11) is 0. The van der Waals surface area contributed by atoms with E-state index in [4.69, 9.17) is 16.7 Å². The fourth-order valence-corrected chi connectivity index (χ4v) is 1.37. The Morgan fingerprint density at radius 2 is 2.25 bits per heavy atom. The van der Waals surface area contributed by atoms with Crippen LogP contribution in [0.25, 0.3) is 5.69 Å². The van der Waals surface area contributed by atoms with Crippen LogP contribution < -0.4 is 0 Å². The molecule has 0 unspecified atom stereocenters. The predicted molar refractivity (Wildman–Crippen MR) is 53.3 cm³/mol. The number of carboxylic acid groups (broad SMARTS) is 1. The van der Waals surface area contributed by atoms with Crippen molar-refractivity contribution in [1.29, 1.82) is 0 Å². The first-order valence-corrected chi connectivity index (χ1v) is 4.57. The average molecular weight is 242 g/mol. The number of aromatic nitrogens is 3. The number of benzene rings is 1. The Morgan fingerprint density at radius 3 is 2.94 bits per heavy atom.